The van der Waals surface area contributed by atoms with E-state index in [1.54, 1.807) is 6.20 Å². The molecular formula is C14H16BrNO2. The highest BCUT2D eigenvalue weighted by atomic mass is 79.9. The molecule has 2 aromatic rings. The van der Waals surface area contributed by atoms with E-state index >= 15 is 0 Å². The average molecular weight is 310 g/mol. The summed E-state index contributed by atoms with van der Waals surface area (Å²) < 4.78 is 7.89. The van der Waals surface area contributed by atoms with Gasteiger partial charge in [0, 0.05) is 16.1 Å². The van der Waals surface area contributed by atoms with Gasteiger partial charge < -0.3 is 4.74 Å². The summed E-state index contributed by atoms with van der Waals surface area (Å²) in [6.07, 6.45) is 1.39. The van der Waals surface area contributed by atoms with E-state index in [9.17, 15) is 4.79 Å². The molecule has 0 aliphatic heterocycles. The Kier molecular flexibility index (Phi) is 3.23. The van der Waals surface area contributed by atoms with Crippen LogP contribution in [0.2, 0.25) is 0 Å². The molecule has 0 aliphatic carbocycles. The molecule has 2 rings (SSSR count). The first-order chi connectivity index (χ1) is 8.28. The Labute approximate surface area is 115 Å². The first-order valence-electron chi connectivity index (χ1n) is 5.78. The van der Waals surface area contributed by atoms with Gasteiger partial charge in [0.2, 0.25) is 0 Å². The van der Waals surface area contributed by atoms with Gasteiger partial charge in [-0.3, -0.25) is 4.57 Å². The summed E-state index contributed by atoms with van der Waals surface area (Å²) in [5, 5.41) is 1.03. The van der Waals surface area contributed by atoms with Crippen LogP contribution in [0.15, 0.2) is 28.9 Å². The molecule has 18 heavy (non-hydrogen) atoms. The van der Waals surface area contributed by atoms with Crippen molar-refractivity contribution in [2.75, 3.05) is 0 Å². The third-order valence-corrected chi connectivity index (χ3v) is 3.42. The van der Waals surface area contributed by atoms with Crippen molar-refractivity contribution < 1.29 is 9.53 Å². The molecule has 0 N–H and O–H groups in total. The van der Waals surface area contributed by atoms with E-state index < -0.39 is 5.60 Å². The molecule has 0 bridgehead atoms. The lowest BCUT2D eigenvalue weighted by atomic mass is 10.2. The predicted molar refractivity (Wildman–Crippen MR) is 76.0 cm³/mol. The Morgan fingerprint density at radius 3 is 2.61 bits per heavy atom. The second kappa shape index (κ2) is 4.43. The molecule has 96 valence electrons. The first-order valence-corrected chi connectivity index (χ1v) is 6.58. The van der Waals surface area contributed by atoms with Crippen LogP contribution in [0, 0.1) is 6.92 Å². The van der Waals surface area contributed by atoms with Gasteiger partial charge in [-0.05, 0) is 51.5 Å². The second-order valence-electron chi connectivity index (χ2n) is 5.33. The van der Waals surface area contributed by atoms with Crippen molar-refractivity contribution >= 4 is 32.9 Å². The SMILES string of the molecule is Cc1cc2ccn(C(=O)OC(C)(C)C)c2cc1Br. The average Bonchev–Trinajstić information content (AvgIpc) is 2.59. The maximum absolute atomic E-state index is 12.1. The molecule has 4 heteroatoms. The number of fused-ring (bicyclic) bond motifs is 1. The lowest BCUT2D eigenvalue weighted by molar-refractivity contribution is 0.0544. The zero-order valence-corrected chi connectivity index (χ0v) is 12.5. The molecule has 0 radical (unpaired) electrons. The minimum Gasteiger partial charge on any atom is -0.443 e. The molecule has 0 amide bonds. The van der Waals surface area contributed by atoms with Crippen LogP contribution in [0.1, 0.15) is 26.3 Å². The molecule has 0 fully saturated rings. The number of aromatic nitrogens is 1. The van der Waals surface area contributed by atoms with Crippen LogP contribution in [-0.2, 0) is 4.74 Å². The van der Waals surface area contributed by atoms with E-state index in [4.69, 9.17) is 4.74 Å². The second-order valence-corrected chi connectivity index (χ2v) is 6.18. The van der Waals surface area contributed by atoms with Gasteiger partial charge in [0.25, 0.3) is 0 Å². The highest BCUT2D eigenvalue weighted by Gasteiger charge is 2.19. The van der Waals surface area contributed by atoms with Crippen molar-refractivity contribution in [2.45, 2.75) is 33.3 Å². The molecule has 0 atom stereocenters. The Morgan fingerprint density at radius 2 is 2.00 bits per heavy atom. The molecule has 1 heterocycles. The lowest BCUT2D eigenvalue weighted by Crippen LogP contribution is -2.26. The molecule has 0 spiro atoms. The minimum absolute atomic E-state index is 0.353. The quantitative estimate of drug-likeness (QED) is 0.717. The van der Waals surface area contributed by atoms with Gasteiger partial charge >= 0.3 is 6.09 Å². The van der Waals surface area contributed by atoms with Gasteiger partial charge in [0.15, 0.2) is 0 Å². The van der Waals surface area contributed by atoms with Crippen molar-refractivity contribution in [3.05, 3.63) is 34.4 Å². The van der Waals surface area contributed by atoms with Gasteiger partial charge in [0.05, 0.1) is 5.52 Å². The fourth-order valence-corrected chi connectivity index (χ4v) is 2.07. The highest BCUT2D eigenvalue weighted by molar-refractivity contribution is 9.10. The number of halogens is 1. The number of nitrogens with zero attached hydrogens (tertiary/aromatic N) is 1. The number of benzene rings is 1. The van der Waals surface area contributed by atoms with Gasteiger partial charge in [-0.2, -0.15) is 0 Å². The maximum atomic E-state index is 12.1. The Bertz CT molecular complexity index is 608. The number of carbonyl (C=O) groups excluding carboxylic acids is 1. The summed E-state index contributed by atoms with van der Waals surface area (Å²) in [7, 11) is 0. The molecule has 1 aromatic heterocycles. The minimum atomic E-state index is -0.490. The Morgan fingerprint density at radius 1 is 1.33 bits per heavy atom. The number of carbonyl (C=O) groups is 1. The smallest absolute Gasteiger partial charge is 0.418 e. The highest BCUT2D eigenvalue weighted by Crippen LogP contribution is 2.25. The van der Waals surface area contributed by atoms with Crippen LogP contribution >= 0.6 is 15.9 Å². The topological polar surface area (TPSA) is 31.2 Å². The monoisotopic (exact) mass is 309 g/mol. The van der Waals surface area contributed by atoms with E-state index in [1.807, 2.05) is 45.9 Å². The molecule has 3 nitrogen and oxygen atoms in total. The van der Waals surface area contributed by atoms with Gasteiger partial charge in [-0.25, -0.2) is 4.79 Å². The Balaban J connectivity index is 2.46. The van der Waals surface area contributed by atoms with Gasteiger partial charge in [-0.15, -0.1) is 0 Å². The van der Waals surface area contributed by atoms with E-state index in [1.165, 1.54) is 4.57 Å². The number of rotatable bonds is 0. The molecule has 1 aromatic carbocycles. The standard InChI is InChI=1S/C14H16BrNO2/c1-9-7-10-5-6-16(12(10)8-11(9)15)13(17)18-14(2,3)4/h5-8H,1-4H3. The zero-order valence-electron chi connectivity index (χ0n) is 11.0. The van der Waals surface area contributed by atoms with Crippen molar-refractivity contribution in [1.29, 1.82) is 0 Å². The molecular weight excluding hydrogens is 294 g/mol. The lowest BCUT2D eigenvalue weighted by Gasteiger charge is -2.19. The summed E-state index contributed by atoms with van der Waals surface area (Å²) in [4.78, 5) is 12.1. The molecule has 0 saturated carbocycles. The summed E-state index contributed by atoms with van der Waals surface area (Å²) in [6.45, 7) is 7.60. The van der Waals surface area contributed by atoms with E-state index in [2.05, 4.69) is 15.9 Å². The van der Waals surface area contributed by atoms with E-state index in [-0.39, 0.29) is 6.09 Å². The third-order valence-electron chi connectivity index (χ3n) is 2.56. The fourth-order valence-electron chi connectivity index (χ4n) is 1.74. The van der Waals surface area contributed by atoms with Gasteiger partial charge in [0.1, 0.15) is 5.60 Å². The van der Waals surface area contributed by atoms with Crippen molar-refractivity contribution in [1.82, 2.24) is 4.57 Å². The molecule has 0 aliphatic rings. The molecule has 0 unspecified atom stereocenters. The van der Waals surface area contributed by atoms with E-state index in [0.717, 1.165) is 20.9 Å². The zero-order chi connectivity index (χ0) is 13.5. The van der Waals surface area contributed by atoms with Crippen LogP contribution in [0.4, 0.5) is 4.79 Å². The number of aryl methyl sites for hydroxylation is 1. The first kappa shape index (κ1) is 13.1. The Hall–Kier alpha value is -1.29. The largest absolute Gasteiger partial charge is 0.443 e. The van der Waals surface area contributed by atoms with Crippen LogP contribution < -0.4 is 0 Å². The summed E-state index contributed by atoms with van der Waals surface area (Å²) in [5.74, 6) is 0. The number of hydrogen-bond donors (Lipinski definition) is 0. The van der Waals surface area contributed by atoms with Crippen LogP contribution in [0.25, 0.3) is 10.9 Å². The van der Waals surface area contributed by atoms with Crippen molar-refractivity contribution in [2.24, 2.45) is 0 Å². The fraction of sp³-hybridized carbons (Fsp3) is 0.357. The van der Waals surface area contributed by atoms with Crippen LogP contribution in [-0.4, -0.2) is 16.3 Å². The summed E-state index contributed by atoms with van der Waals surface area (Å²) in [6, 6.07) is 5.90. The third kappa shape index (κ3) is 2.58. The van der Waals surface area contributed by atoms with Gasteiger partial charge in [-0.1, -0.05) is 15.9 Å². The predicted octanol–water partition coefficient (Wildman–Crippen LogP) is 4.50. The van der Waals surface area contributed by atoms with Crippen LogP contribution in [0.5, 0.6) is 0 Å². The van der Waals surface area contributed by atoms with Crippen LogP contribution in [0.3, 0.4) is 0 Å². The molecule has 0 saturated heterocycles. The van der Waals surface area contributed by atoms with Crippen molar-refractivity contribution in [3.8, 4) is 0 Å². The number of hydrogen-bond acceptors (Lipinski definition) is 2. The van der Waals surface area contributed by atoms with E-state index in [0.29, 0.717) is 0 Å². The summed E-state index contributed by atoms with van der Waals surface area (Å²) >= 11 is 3.48. The maximum Gasteiger partial charge on any atom is 0.418 e. The normalized spacial score (nSPS) is 11.8. The van der Waals surface area contributed by atoms with Crippen molar-refractivity contribution in [3.63, 3.8) is 0 Å². The summed E-state index contributed by atoms with van der Waals surface area (Å²) in [5.41, 5.74) is 1.50. The number of ether oxygens (including phenoxy) is 1.